The number of hydrogen-bond donors (Lipinski definition) is 0. The lowest BCUT2D eigenvalue weighted by atomic mass is 10.0. The lowest BCUT2D eigenvalue weighted by Crippen LogP contribution is -2.13. The number of aromatic nitrogens is 2. The first kappa shape index (κ1) is 11.8. The maximum absolute atomic E-state index is 5.38. The maximum Gasteiger partial charge on any atom is 0.147 e. The molecule has 94 valence electrons. The summed E-state index contributed by atoms with van der Waals surface area (Å²) < 4.78 is 5.38. The second kappa shape index (κ2) is 5.16. The van der Waals surface area contributed by atoms with E-state index in [9.17, 15) is 0 Å². The van der Waals surface area contributed by atoms with Crippen LogP contribution in [0.25, 0.3) is 10.6 Å². The molecule has 0 bridgehead atoms. The molecule has 3 nitrogen and oxygen atoms in total. The summed E-state index contributed by atoms with van der Waals surface area (Å²) in [4.78, 5) is 0. The molecule has 0 saturated carbocycles. The smallest absolute Gasteiger partial charge is 0.147 e. The zero-order chi connectivity index (χ0) is 12.4. The number of aryl methyl sites for hydroxylation is 1. The SMILES string of the molecule is Cc1ccc(-c2nnc(C3CCOCC3)s2)cc1. The zero-order valence-electron chi connectivity index (χ0n) is 10.4. The second-order valence-corrected chi connectivity index (χ2v) is 5.71. The van der Waals surface area contributed by atoms with Gasteiger partial charge in [-0.25, -0.2) is 0 Å². The number of nitrogens with zero attached hydrogens (tertiary/aromatic N) is 2. The third kappa shape index (κ3) is 2.44. The molecule has 1 fully saturated rings. The minimum absolute atomic E-state index is 0.537. The fourth-order valence-electron chi connectivity index (χ4n) is 2.16. The van der Waals surface area contributed by atoms with Crippen LogP contribution in [0.4, 0.5) is 0 Å². The summed E-state index contributed by atoms with van der Waals surface area (Å²) in [6.07, 6.45) is 2.14. The van der Waals surface area contributed by atoms with E-state index in [1.165, 1.54) is 5.56 Å². The lowest BCUT2D eigenvalue weighted by molar-refractivity contribution is 0.0851. The molecule has 2 heterocycles. The molecule has 0 amide bonds. The van der Waals surface area contributed by atoms with E-state index < -0.39 is 0 Å². The standard InChI is InChI=1S/C14H16N2OS/c1-10-2-4-11(5-3-10)13-15-16-14(18-13)12-6-8-17-9-7-12/h2-5,12H,6-9H2,1H3. The summed E-state index contributed by atoms with van der Waals surface area (Å²) in [6, 6.07) is 8.46. The van der Waals surface area contributed by atoms with Crippen molar-refractivity contribution in [2.45, 2.75) is 25.7 Å². The number of benzene rings is 1. The molecule has 4 heteroatoms. The molecule has 0 spiro atoms. The quantitative estimate of drug-likeness (QED) is 0.830. The third-order valence-electron chi connectivity index (χ3n) is 3.31. The minimum atomic E-state index is 0.537. The average Bonchev–Trinajstić information content (AvgIpc) is 2.90. The van der Waals surface area contributed by atoms with Gasteiger partial charge in [-0.05, 0) is 19.8 Å². The van der Waals surface area contributed by atoms with Crippen molar-refractivity contribution in [2.75, 3.05) is 13.2 Å². The largest absolute Gasteiger partial charge is 0.381 e. The summed E-state index contributed by atoms with van der Waals surface area (Å²) in [5, 5.41) is 10.9. The lowest BCUT2D eigenvalue weighted by Gasteiger charge is -2.18. The topological polar surface area (TPSA) is 35.0 Å². The predicted molar refractivity (Wildman–Crippen MR) is 72.9 cm³/mol. The second-order valence-electron chi connectivity index (χ2n) is 4.70. The maximum atomic E-state index is 5.38. The Bertz CT molecular complexity index is 515. The van der Waals surface area contributed by atoms with Gasteiger partial charge in [-0.2, -0.15) is 0 Å². The van der Waals surface area contributed by atoms with Gasteiger partial charge in [-0.1, -0.05) is 41.2 Å². The molecule has 0 aliphatic carbocycles. The van der Waals surface area contributed by atoms with Gasteiger partial charge in [0.25, 0.3) is 0 Å². The van der Waals surface area contributed by atoms with Crippen molar-refractivity contribution in [2.24, 2.45) is 0 Å². The van der Waals surface area contributed by atoms with Crippen LogP contribution in [-0.2, 0) is 4.74 Å². The first-order valence-corrected chi connectivity index (χ1v) is 7.13. The molecule has 1 aliphatic heterocycles. The molecule has 0 N–H and O–H groups in total. The van der Waals surface area contributed by atoms with E-state index in [-0.39, 0.29) is 0 Å². The highest BCUT2D eigenvalue weighted by molar-refractivity contribution is 7.14. The monoisotopic (exact) mass is 260 g/mol. The van der Waals surface area contributed by atoms with E-state index in [1.807, 2.05) is 0 Å². The van der Waals surface area contributed by atoms with Crippen molar-refractivity contribution >= 4 is 11.3 Å². The number of ether oxygens (including phenoxy) is 1. The molecule has 2 aromatic rings. The van der Waals surface area contributed by atoms with Gasteiger partial charge in [0.1, 0.15) is 10.0 Å². The Labute approximate surface area is 111 Å². The fourth-order valence-corrected chi connectivity index (χ4v) is 3.17. The zero-order valence-corrected chi connectivity index (χ0v) is 11.2. The van der Waals surface area contributed by atoms with E-state index in [4.69, 9.17) is 4.74 Å². The molecule has 0 unspecified atom stereocenters. The van der Waals surface area contributed by atoms with Crippen LogP contribution >= 0.6 is 11.3 Å². The van der Waals surface area contributed by atoms with E-state index >= 15 is 0 Å². The average molecular weight is 260 g/mol. The van der Waals surface area contributed by atoms with Gasteiger partial charge in [-0.15, -0.1) is 10.2 Å². The highest BCUT2D eigenvalue weighted by Gasteiger charge is 2.20. The molecule has 1 aromatic carbocycles. The molecule has 1 aromatic heterocycles. The van der Waals surface area contributed by atoms with Crippen molar-refractivity contribution in [1.82, 2.24) is 10.2 Å². The molecular formula is C14H16N2OS. The normalized spacial score (nSPS) is 16.9. The summed E-state index contributed by atoms with van der Waals surface area (Å²) in [5.74, 6) is 0.537. The number of hydrogen-bond acceptors (Lipinski definition) is 4. The first-order valence-electron chi connectivity index (χ1n) is 6.31. The molecular weight excluding hydrogens is 244 g/mol. The highest BCUT2D eigenvalue weighted by atomic mass is 32.1. The molecule has 1 aliphatic rings. The summed E-state index contributed by atoms with van der Waals surface area (Å²) >= 11 is 1.72. The molecule has 0 atom stereocenters. The van der Waals surface area contributed by atoms with Crippen molar-refractivity contribution in [3.63, 3.8) is 0 Å². The first-order chi connectivity index (χ1) is 8.83. The highest BCUT2D eigenvalue weighted by Crippen LogP contribution is 2.32. The molecule has 18 heavy (non-hydrogen) atoms. The Kier molecular flexibility index (Phi) is 3.39. The minimum Gasteiger partial charge on any atom is -0.381 e. The van der Waals surface area contributed by atoms with Gasteiger partial charge in [0.05, 0.1) is 0 Å². The third-order valence-corrected chi connectivity index (χ3v) is 4.44. The van der Waals surface area contributed by atoms with Crippen LogP contribution in [0.3, 0.4) is 0 Å². The molecule has 0 radical (unpaired) electrons. The summed E-state index contributed by atoms with van der Waals surface area (Å²) in [7, 11) is 0. The van der Waals surface area contributed by atoms with Gasteiger partial charge in [0.2, 0.25) is 0 Å². The molecule has 3 rings (SSSR count). The van der Waals surface area contributed by atoms with Crippen LogP contribution in [-0.4, -0.2) is 23.4 Å². The van der Waals surface area contributed by atoms with Crippen LogP contribution in [0.2, 0.25) is 0 Å². The van der Waals surface area contributed by atoms with Gasteiger partial charge < -0.3 is 4.74 Å². The van der Waals surface area contributed by atoms with E-state index in [2.05, 4.69) is 41.4 Å². The van der Waals surface area contributed by atoms with Crippen LogP contribution in [0, 0.1) is 6.92 Å². The Morgan fingerprint density at radius 2 is 1.83 bits per heavy atom. The van der Waals surface area contributed by atoms with E-state index in [0.29, 0.717) is 5.92 Å². The van der Waals surface area contributed by atoms with Crippen molar-refractivity contribution in [3.05, 3.63) is 34.8 Å². The van der Waals surface area contributed by atoms with Crippen molar-refractivity contribution in [3.8, 4) is 10.6 Å². The van der Waals surface area contributed by atoms with Crippen LogP contribution in [0.5, 0.6) is 0 Å². The Balaban J connectivity index is 1.82. The number of rotatable bonds is 2. The summed E-state index contributed by atoms with van der Waals surface area (Å²) in [5.41, 5.74) is 2.43. The van der Waals surface area contributed by atoms with Crippen molar-refractivity contribution < 1.29 is 4.74 Å². The summed E-state index contributed by atoms with van der Waals surface area (Å²) in [6.45, 7) is 3.80. The Morgan fingerprint density at radius 3 is 2.56 bits per heavy atom. The Morgan fingerprint density at radius 1 is 1.11 bits per heavy atom. The van der Waals surface area contributed by atoms with Crippen LogP contribution in [0.15, 0.2) is 24.3 Å². The van der Waals surface area contributed by atoms with Crippen LogP contribution < -0.4 is 0 Å². The molecule has 1 saturated heterocycles. The van der Waals surface area contributed by atoms with Gasteiger partial charge in [0, 0.05) is 24.7 Å². The fraction of sp³-hybridized carbons (Fsp3) is 0.429. The van der Waals surface area contributed by atoms with Crippen LogP contribution in [0.1, 0.15) is 29.3 Å². The van der Waals surface area contributed by atoms with Crippen molar-refractivity contribution in [1.29, 1.82) is 0 Å². The predicted octanol–water partition coefficient (Wildman–Crippen LogP) is 3.41. The van der Waals surface area contributed by atoms with E-state index in [0.717, 1.165) is 41.6 Å². The van der Waals surface area contributed by atoms with Gasteiger partial charge in [-0.3, -0.25) is 0 Å². The van der Waals surface area contributed by atoms with E-state index in [1.54, 1.807) is 11.3 Å². The Hall–Kier alpha value is -1.26. The van der Waals surface area contributed by atoms with Gasteiger partial charge >= 0.3 is 0 Å². The van der Waals surface area contributed by atoms with Gasteiger partial charge in [0.15, 0.2) is 0 Å².